The lowest BCUT2D eigenvalue weighted by molar-refractivity contribution is -0.153. The first kappa shape index (κ1) is 21.6. The summed E-state index contributed by atoms with van der Waals surface area (Å²) >= 11 is 1.62. The Morgan fingerprint density at radius 2 is 1.88 bits per heavy atom. The molecule has 0 amide bonds. The van der Waals surface area contributed by atoms with Crippen molar-refractivity contribution in [2.45, 2.75) is 19.3 Å². The van der Waals surface area contributed by atoms with E-state index < -0.39 is 12.8 Å². The van der Waals surface area contributed by atoms with Crippen LogP contribution in [0.5, 0.6) is 5.75 Å². The Balaban J connectivity index is 0.00000312. The molecular formula is C16H19F3IN3OS. The number of nitrogens with one attached hydrogen (secondary N) is 2. The predicted octanol–water partition coefficient (Wildman–Crippen LogP) is 4.17. The van der Waals surface area contributed by atoms with Crippen molar-refractivity contribution in [3.05, 3.63) is 52.2 Å². The van der Waals surface area contributed by atoms with E-state index in [9.17, 15) is 13.2 Å². The molecule has 0 aliphatic carbocycles. The number of hydrogen-bond acceptors (Lipinski definition) is 3. The van der Waals surface area contributed by atoms with Crippen molar-refractivity contribution in [3.8, 4) is 5.75 Å². The summed E-state index contributed by atoms with van der Waals surface area (Å²) in [5, 5.41) is 10.3. The Hall–Kier alpha value is -1.49. The Morgan fingerprint density at radius 1 is 1.16 bits per heavy atom. The average molecular weight is 485 g/mol. The first-order chi connectivity index (χ1) is 11.5. The maximum Gasteiger partial charge on any atom is 0.422 e. The lowest BCUT2D eigenvalue weighted by Gasteiger charge is -2.13. The van der Waals surface area contributed by atoms with Gasteiger partial charge in [-0.3, -0.25) is 4.99 Å². The second kappa shape index (κ2) is 10.5. The van der Waals surface area contributed by atoms with Crippen LogP contribution in [0.25, 0.3) is 0 Å². The van der Waals surface area contributed by atoms with Gasteiger partial charge in [0.2, 0.25) is 0 Å². The molecule has 138 valence electrons. The van der Waals surface area contributed by atoms with E-state index in [1.807, 2.05) is 16.8 Å². The molecule has 2 rings (SSSR count). The summed E-state index contributed by atoms with van der Waals surface area (Å²) in [7, 11) is 1.66. The smallest absolute Gasteiger partial charge is 0.422 e. The molecule has 0 saturated heterocycles. The van der Waals surface area contributed by atoms with Crippen LogP contribution in [-0.4, -0.2) is 25.8 Å². The monoisotopic (exact) mass is 485 g/mol. The number of hydrogen-bond donors (Lipinski definition) is 2. The number of rotatable bonds is 6. The van der Waals surface area contributed by atoms with Gasteiger partial charge in [0.15, 0.2) is 12.6 Å². The highest BCUT2D eigenvalue weighted by Gasteiger charge is 2.28. The fourth-order valence-electron chi connectivity index (χ4n) is 1.90. The van der Waals surface area contributed by atoms with Gasteiger partial charge in [-0.2, -0.15) is 24.5 Å². The summed E-state index contributed by atoms with van der Waals surface area (Å²) in [6, 6.07) is 8.56. The summed E-state index contributed by atoms with van der Waals surface area (Å²) in [4.78, 5) is 4.11. The topological polar surface area (TPSA) is 45.7 Å². The first-order valence-corrected chi connectivity index (χ1v) is 8.14. The quantitative estimate of drug-likeness (QED) is 0.367. The number of alkyl halides is 3. The summed E-state index contributed by atoms with van der Waals surface area (Å²) in [5.74, 6) is 0.802. The van der Waals surface area contributed by atoms with Gasteiger partial charge in [0.05, 0.1) is 0 Å². The summed E-state index contributed by atoms with van der Waals surface area (Å²) in [6.45, 7) is -0.224. The third-order valence-electron chi connectivity index (χ3n) is 3.02. The van der Waals surface area contributed by atoms with Gasteiger partial charge in [-0.1, -0.05) is 12.1 Å². The van der Waals surface area contributed by atoms with Gasteiger partial charge < -0.3 is 15.4 Å². The van der Waals surface area contributed by atoms with E-state index in [0.717, 1.165) is 11.1 Å². The second-order valence-corrected chi connectivity index (χ2v) is 5.74. The minimum Gasteiger partial charge on any atom is -0.484 e. The molecule has 0 atom stereocenters. The highest BCUT2D eigenvalue weighted by molar-refractivity contribution is 14.0. The van der Waals surface area contributed by atoms with Crippen molar-refractivity contribution in [2.75, 3.05) is 13.7 Å². The van der Waals surface area contributed by atoms with Gasteiger partial charge in [-0.05, 0) is 40.1 Å². The highest BCUT2D eigenvalue weighted by atomic mass is 127. The second-order valence-electron chi connectivity index (χ2n) is 4.96. The summed E-state index contributed by atoms with van der Waals surface area (Å²) in [5.41, 5.74) is 1.96. The van der Waals surface area contributed by atoms with Crippen LogP contribution in [0.3, 0.4) is 0 Å². The van der Waals surface area contributed by atoms with E-state index in [0.29, 0.717) is 19.0 Å². The van der Waals surface area contributed by atoms with Crippen molar-refractivity contribution in [3.63, 3.8) is 0 Å². The number of halogens is 4. The molecule has 1 heterocycles. The molecule has 0 saturated carbocycles. The van der Waals surface area contributed by atoms with Gasteiger partial charge in [0.25, 0.3) is 0 Å². The molecule has 0 aliphatic rings. The van der Waals surface area contributed by atoms with Crippen LogP contribution in [0.2, 0.25) is 0 Å². The number of nitrogens with zero attached hydrogens (tertiary/aromatic N) is 1. The zero-order chi connectivity index (χ0) is 17.4. The number of thiophene rings is 1. The summed E-state index contributed by atoms with van der Waals surface area (Å²) < 4.78 is 41.3. The fourth-order valence-corrected chi connectivity index (χ4v) is 2.56. The third kappa shape index (κ3) is 8.43. The Morgan fingerprint density at radius 3 is 2.48 bits per heavy atom. The molecule has 0 aliphatic heterocycles. The van der Waals surface area contributed by atoms with E-state index in [-0.39, 0.29) is 29.7 Å². The number of guanidine groups is 1. The van der Waals surface area contributed by atoms with E-state index in [2.05, 4.69) is 15.6 Å². The lowest BCUT2D eigenvalue weighted by Crippen LogP contribution is -2.36. The van der Waals surface area contributed by atoms with Gasteiger partial charge in [-0.25, -0.2) is 0 Å². The molecule has 4 nitrogen and oxygen atoms in total. The molecular weight excluding hydrogens is 466 g/mol. The zero-order valence-electron chi connectivity index (χ0n) is 13.5. The van der Waals surface area contributed by atoms with Crippen molar-refractivity contribution in [1.82, 2.24) is 10.6 Å². The van der Waals surface area contributed by atoms with Crippen LogP contribution in [0.1, 0.15) is 11.1 Å². The van der Waals surface area contributed by atoms with Crippen LogP contribution in [0.4, 0.5) is 13.2 Å². The SMILES string of the molecule is CN=C(NCc1ccsc1)NCc1cccc(OCC(F)(F)F)c1.I. The largest absolute Gasteiger partial charge is 0.484 e. The van der Waals surface area contributed by atoms with E-state index in [1.54, 1.807) is 36.6 Å². The van der Waals surface area contributed by atoms with Crippen LogP contribution >= 0.6 is 35.3 Å². The van der Waals surface area contributed by atoms with E-state index in [1.165, 1.54) is 6.07 Å². The van der Waals surface area contributed by atoms with Gasteiger partial charge in [0, 0.05) is 20.1 Å². The molecule has 1 aromatic heterocycles. The molecule has 2 N–H and O–H groups in total. The normalized spacial score (nSPS) is 11.6. The van der Waals surface area contributed by atoms with E-state index >= 15 is 0 Å². The molecule has 2 aromatic rings. The van der Waals surface area contributed by atoms with Crippen LogP contribution in [-0.2, 0) is 13.1 Å². The number of aliphatic imine (C=N–C) groups is 1. The fraction of sp³-hybridized carbons (Fsp3) is 0.312. The molecule has 0 fully saturated rings. The molecule has 1 aromatic carbocycles. The van der Waals surface area contributed by atoms with Gasteiger partial charge >= 0.3 is 6.18 Å². The van der Waals surface area contributed by atoms with Crippen molar-refractivity contribution >= 4 is 41.3 Å². The van der Waals surface area contributed by atoms with Crippen molar-refractivity contribution in [1.29, 1.82) is 0 Å². The molecule has 25 heavy (non-hydrogen) atoms. The number of benzene rings is 1. The molecule has 0 bridgehead atoms. The Labute approximate surface area is 165 Å². The average Bonchev–Trinajstić information content (AvgIpc) is 3.06. The molecule has 0 unspecified atom stereocenters. The molecule has 9 heteroatoms. The summed E-state index contributed by atoms with van der Waals surface area (Å²) in [6.07, 6.45) is -4.35. The highest BCUT2D eigenvalue weighted by Crippen LogP contribution is 2.19. The van der Waals surface area contributed by atoms with Gasteiger partial charge in [-0.15, -0.1) is 24.0 Å². The van der Waals surface area contributed by atoms with Crippen LogP contribution < -0.4 is 15.4 Å². The van der Waals surface area contributed by atoms with Crippen LogP contribution in [0, 0.1) is 0 Å². The van der Waals surface area contributed by atoms with Crippen molar-refractivity contribution < 1.29 is 17.9 Å². The van der Waals surface area contributed by atoms with E-state index in [4.69, 9.17) is 4.74 Å². The standard InChI is InChI=1S/C16H18F3N3OS.HI/c1-20-15(22-9-13-5-6-24-10-13)21-8-12-3-2-4-14(7-12)23-11-16(17,18)19;/h2-7,10H,8-9,11H2,1H3,(H2,20,21,22);1H. The lowest BCUT2D eigenvalue weighted by atomic mass is 10.2. The molecule has 0 spiro atoms. The third-order valence-corrected chi connectivity index (χ3v) is 3.76. The Bertz CT molecular complexity index is 663. The first-order valence-electron chi connectivity index (χ1n) is 7.20. The number of ether oxygens (including phenoxy) is 1. The maximum atomic E-state index is 12.2. The zero-order valence-corrected chi connectivity index (χ0v) is 16.6. The van der Waals surface area contributed by atoms with Crippen LogP contribution in [0.15, 0.2) is 46.1 Å². The maximum absolute atomic E-state index is 12.2. The minimum atomic E-state index is -4.35. The molecule has 0 radical (unpaired) electrons. The predicted molar refractivity (Wildman–Crippen MR) is 105 cm³/mol. The minimum absolute atomic E-state index is 0. The van der Waals surface area contributed by atoms with Crippen molar-refractivity contribution in [2.24, 2.45) is 4.99 Å². The van der Waals surface area contributed by atoms with Gasteiger partial charge in [0.1, 0.15) is 5.75 Å². The Kier molecular flexibility index (Phi) is 9.04.